The molecule has 2 amide bonds. The lowest BCUT2D eigenvalue weighted by Gasteiger charge is -2.19. The number of sulfone groups is 1. The number of rotatable bonds is 8. The first-order chi connectivity index (χ1) is 14.7. The van der Waals surface area contributed by atoms with Crippen LogP contribution in [0.1, 0.15) is 19.4 Å². The normalized spacial score (nSPS) is 11.5. The lowest BCUT2D eigenvalue weighted by Crippen LogP contribution is -2.33. The summed E-state index contributed by atoms with van der Waals surface area (Å²) < 4.78 is 27.8. The van der Waals surface area contributed by atoms with E-state index in [1.54, 1.807) is 51.9 Å². The molecule has 2 aromatic carbocycles. The summed E-state index contributed by atoms with van der Waals surface area (Å²) in [6, 6.07) is 14.2. The number of carbonyl (C=O) groups excluding carboxylic acids is 2. The summed E-state index contributed by atoms with van der Waals surface area (Å²) in [7, 11) is -3.92. The molecule has 0 aliphatic rings. The number of nitrogens with one attached hydrogen (secondary N) is 1. The van der Waals surface area contributed by atoms with E-state index in [1.165, 1.54) is 6.20 Å². The average molecular weight is 442 g/mol. The van der Waals surface area contributed by atoms with Gasteiger partial charge in [-0.05, 0) is 44.5 Å². The molecule has 1 N–H and O–H groups in total. The van der Waals surface area contributed by atoms with Crippen molar-refractivity contribution in [2.24, 2.45) is 0 Å². The largest absolute Gasteiger partial charge is 0.342 e. The summed E-state index contributed by atoms with van der Waals surface area (Å²) in [5, 5.41) is 3.14. The molecule has 0 aliphatic carbocycles. The molecule has 3 aromatic rings. The Labute approximate surface area is 182 Å². The smallest absolute Gasteiger partial charge is 0.242 e. The minimum atomic E-state index is -3.92. The maximum atomic E-state index is 13.1. The van der Waals surface area contributed by atoms with Gasteiger partial charge < -0.3 is 14.8 Å². The molecule has 0 atom stereocenters. The van der Waals surface area contributed by atoms with Crippen LogP contribution in [0.25, 0.3) is 10.9 Å². The Morgan fingerprint density at radius 1 is 1.03 bits per heavy atom. The summed E-state index contributed by atoms with van der Waals surface area (Å²) in [6.45, 7) is 6.89. The summed E-state index contributed by atoms with van der Waals surface area (Å²) in [4.78, 5) is 26.8. The molecular formula is C23H27N3O4S. The molecule has 1 aromatic heterocycles. The SMILES string of the molecule is CCN(CC)C(=O)Cn1cc(S(=O)(=O)CC(=O)Nc2cccc(C)c2)c2ccccc21. The van der Waals surface area contributed by atoms with E-state index in [0.29, 0.717) is 29.7 Å². The zero-order valence-corrected chi connectivity index (χ0v) is 18.8. The van der Waals surface area contributed by atoms with E-state index < -0.39 is 21.5 Å². The summed E-state index contributed by atoms with van der Waals surface area (Å²) in [6.07, 6.45) is 1.46. The van der Waals surface area contributed by atoms with Gasteiger partial charge in [-0.2, -0.15) is 0 Å². The Morgan fingerprint density at radius 2 is 1.74 bits per heavy atom. The third-order valence-corrected chi connectivity index (χ3v) is 6.77. The van der Waals surface area contributed by atoms with Crippen LogP contribution < -0.4 is 5.32 Å². The van der Waals surface area contributed by atoms with Gasteiger partial charge in [-0.3, -0.25) is 9.59 Å². The molecule has 3 rings (SSSR count). The minimum absolute atomic E-state index is 0.0349. The Morgan fingerprint density at radius 3 is 2.42 bits per heavy atom. The zero-order valence-electron chi connectivity index (χ0n) is 18.0. The second-order valence-corrected chi connectivity index (χ2v) is 9.34. The number of anilines is 1. The first kappa shape index (κ1) is 22.6. The van der Waals surface area contributed by atoms with Crippen molar-refractivity contribution < 1.29 is 18.0 Å². The third-order valence-electron chi connectivity index (χ3n) is 5.13. The van der Waals surface area contributed by atoms with Gasteiger partial charge in [0.05, 0.1) is 4.90 Å². The van der Waals surface area contributed by atoms with Crippen LogP contribution in [0.5, 0.6) is 0 Å². The van der Waals surface area contributed by atoms with Crippen molar-refractivity contribution in [2.75, 3.05) is 24.2 Å². The number of fused-ring (bicyclic) bond motifs is 1. The number of hydrogen-bond donors (Lipinski definition) is 1. The van der Waals surface area contributed by atoms with Crippen LogP contribution in [-0.4, -0.2) is 48.5 Å². The van der Waals surface area contributed by atoms with Crippen LogP contribution in [0.3, 0.4) is 0 Å². The number of para-hydroxylation sites is 1. The Balaban J connectivity index is 1.88. The van der Waals surface area contributed by atoms with Gasteiger partial charge in [0.1, 0.15) is 12.3 Å². The molecule has 0 spiro atoms. The van der Waals surface area contributed by atoms with E-state index in [2.05, 4.69) is 5.32 Å². The standard InChI is InChI=1S/C23H27N3O4S/c1-4-25(5-2)23(28)15-26-14-21(19-11-6-7-12-20(19)26)31(29,30)16-22(27)24-18-10-8-9-17(3)13-18/h6-14H,4-5,15-16H2,1-3H3,(H,24,27). The predicted octanol–water partition coefficient (Wildman–Crippen LogP) is 3.23. The number of aromatic nitrogens is 1. The number of benzene rings is 2. The Bertz CT molecular complexity index is 1210. The highest BCUT2D eigenvalue weighted by Gasteiger charge is 2.25. The van der Waals surface area contributed by atoms with E-state index in [0.717, 1.165) is 5.56 Å². The van der Waals surface area contributed by atoms with E-state index in [1.807, 2.05) is 26.8 Å². The molecule has 7 nitrogen and oxygen atoms in total. The van der Waals surface area contributed by atoms with Crippen LogP contribution in [0.2, 0.25) is 0 Å². The van der Waals surface area contributed by atoms with Crippen LogP contribution in [-0.2, 0) is 26.0 Å². The first-order valence-electron chi connectivity index (χ1n) is 10.2. The average Bonchev–Trinajstić information content (AvgIpc) is 3.08. The van der Waals surface area contributed by atoms with Crippen molar-refractivity contribution in [3.63, 3.8) is 0 Å². The van der Waals surface area contributed by atoms with Gasteiger partial charge in [0.25, 0.3) is 0 Å². The maximum Gasteiger partial charge on any atom is 0.242 e. The number of carbonyl (C=O) groups is 2. The maximum absolute atomic E-state index is 13.1. The van der Waals surface area contributed by atoms with Crippen molar-refractivity contribution >= 4 is 38.2 Å². The van der Waals surface area contributed by atoms with Gasteiger partial charge in [0, 0.05) is 35.9 Å². The van der Waals surface area contributed by atoms with Crippen molar-refractivity contribution in [3.8, 4) is 0 Å². The van der Waals surface area contributed by atoms with E-state index in [4.69, 9.17) is 0 Å². The number of nitrogens with zero attached hydrogens (tertiary/aromatic N) is 2. The second-order valence-electron chi connectivity index (χ2n) is 7.38. The molecule has 0 bridgehead atoms. The Kier molecular flexibility index (Phi) is 6.80. The molecule has 1 heterocycles. The highest BCUT2D eigenvalue weighted by Crippen LogP contribution is 2.26. The van der Waals surface area contributed by atoms with Gasteiger partial charge in [0.2, 0.25) is 11.8 Å². The molecule has 0 radical (unpaired) electrons. The van der Waals surface area contributed by atoms with Crippen LogP contribution in [0, 0.1) is 6.92 Å². The quantitative estimate of drug-likeness (QED) is 0.581. The number of likely N-dealkylation sites (N-methyl/N-ethyl adjacent to an activating group) is 1. The van der Waals surface area contributed by atoms with E-state index in [9.17, 15) is 18.0 Å². The van der Waals surface area contributed by atoms with Gasteiger partial charge in [-0.25, -0.2) is 8.42 Å². The number of hydrogen-bond acceptors (Lipinski definition) is 4. The molecule has 0 unspecified atom stereocenters. The fraction of sp³-hybridized carbons (Fsp3) is 0.304. The predicted molar refractivity (Wildman–Crippen MR) is 122 cm³/mol. The van der Waals surface area contributed by atoms with Crippen molar-refractivity contribution in [3.05, 3.63) is 60.3 Å². The third kappa shape index (κ3) is 5.14. The lowest BCUT2D eigenvalue weighted by molar-refractivity contribution is -0.131. The van der Waals surface area contributed by atoms with Crippen LogP contribution >= 0.6 is 0 Å². The molecule has 0 fully saturated rings. The Hall–Kier alpha value is -3.13. The number of aryl methyl sites for hydroxylation is 1. The lowest BCUT2D eigenvalue weighted by atomic mass is 10.2. The highest BCUT2D eigenvalue weighted by atomic mass is 32.2. The first-order valence-corrected chi connectivity index (χ1v) is 11.8. The fourth-order valence-corrected chi connectivity index (χ4v) is 4.95. The molecule has 164 valence electrons. The molecule has 0 aliphatic heterocycles. The molecule has 31 heavy (non-hydrogen) atoms. The molecule has 0 saturated heterocycles. The van der Waals surface area contributed by atoms with Crippen molar-refractivity contribution in [2.45, 2.75) is 32.2 Å². The van der Waals surface area contributed by atoms with Gasteiger partial charge in [0.15, 0.2) is 9.84 Å². The monoisotopic (exact) mass is 441 g/mol. The second kappa shape index (κ2) is 9.34. The van der Waals surface area contributed by atoms with Gasteiger partial charge >= 0.3 is 0 Å². The molecule has 0 saturated carbocycles. The van der Waals surface area contributed by atoms with Crippen LogP contribution in [0.15, 0.2) is 59.6 Å². The van der Waals surface area contributed by atoms with Crippen molar-refractivity contribution in [1.29, 1.82) is 0 Å². The zero-order chi connectivity index (χ0) is 22.6. The topological polar surface area (TPSA) is 88.5 Å². The fourth-order valence-electron chi connectivity index (χ4n) is 3.58. The minimum Gasteiger partial charge on any atom is -0.342 e. The van der Waals surface area contributed by atoms with Gasteiger partial charge in [-0.15, -0.1) is 0 Å². The molecule has 8 heteroatoms. The highest BCUT2D eigenvalue weighted by molar-refractivity contribution is 7.92. The molecular weight excluding hydrogens is 414 g/mol. The van der Waals surface area contributed by atoms with Crippen LogP contribution in [0.4, 0.5) is 5.69 Å². The summed E-state index contributed by atoms with van der Waals surface area (Å²) >= 11 is 0. The van der Waals surface area contributed by atoms with E-state index >= 15 is 0 Å². The number of amides is 2. The van der Waals surface area contributed by atoms with Crippen molar-refractivity contribution in [1.82, 2.24) is 9.47 Å². The summed E-state index contributed by atoms with van der Waals surface area (Å²) in [5.74, 6) is -1.38. The van der Waals surface area contributed by atoms with E-state index in [-0.39, 0.29) is 17.3 Å². The van der Waals surface area contributed by atoms with Gasteiger partial charge in [-0.1, -0.05) is 30.3 Å². The summed E-state index contributed by atoms with van der Waals surface area (Å²) in [5.41, 5.74) is 2.15.